The molecule has 0 bridgehead atoms. The van der Waals surface area contributed by atoms with E-state index in [9.17, 15) is 9.59 Å². The van der Waals surface area contributed by atoms with E-state index in [1.165, 1.54) is 4.90 Å². The molecule has 1 N–H and O–H groups in total. The van der Waals surface area contributed by atoms with Crippen molar-refractivity contribution in [3.05, 3.63) is 82.9 Å². The van der Waals surface area contributed by atoms with E-state index in [2.05, 4.69) is 14.9 Å². The highest BCUT2D eigenvalue weighted by molar-refractivity contribution is 7.80. The molecule has 0 atom stereocenters. The molecule has 1 saturated heterocycles. The Labute approximate surface area is 179 Å². The van der Waals surface area contributed by atoms with E-state index < -0.39 is 11.8 Å². The molecule has 4 rings (SSSR count). The van der Waals surface area contributed by atoms with Gasteiger partial charge in [-0.3, -0.25) is 24.8 Å². The second-order valence-corrected chi connectivity index (χ2v) is 7.55. The van der Waals surface area contributed by atoms with Crippen LogP contribution in [0.3, 0.4) is 0 Å². The summed E-state index contributed by atoms with van der Waals surface area (Å²) in [5.74, 6) is -0.939. The number of hydrogen-bond acceptors (Lipinski definition) is 4. The van der Waals surface area contributed by atoms with Gasteiger partial charge in [-0.1, -0.05) is 12.1 Å². The van der Waals surface area contributed by atoms with Crippen molar-refractivity contribution in [3.63, 3.8) is 0 Å². The lowest BCUT2D eigenvalue weighted by Crippen LogP contribution is -2.54. The van der Waals surface area contributed by atoms with Crippen LogP contribution in [0.4, 0.5) is 5.69 Å². The van der Waals surface area contributed by atoms with E-state index in [0.717, 1.165) is 28.2 Å². The molecule has 2 amide bonds. The number of aromatic nitrogens is 2. The van der Waals surface area contributed by atoms with E-state index in [0.29, 0.717) is 5.69 Å². The minimum atomic E-state index is -0.498. The summed E-state index contributed by atoms with van der Waals surface area (Å²) in [6, 6.07) is 13.2. The van der Waals surface area contributed by atoms with Gasteiger partial charge in [0.25, 0.3) is 11.8 Å². The average Bonchev–Trinajstić information content (AvgIpc) is 2.99. The number of rotatable bonds is 3. The number of aryl methyl sites for hydroxylation is 2. The van der Waals surface area contributed by atoms with Crippen molar-refractivity contribution in [2.75, 3.05) is 4.90 Å². The van der Waals surface area contributed by atoms with Gasteiger partial charge in [-0.05, 0) is 80.5 Å². The molecular weight excluding hydrogens is 396 g/mol. The number of hydrogen-bond donors (Lipinski definition) is 1. The number of thiocarbonyl (C=S) groups is 1. The first-order valence-electron chi connectivity index (χ1n) is 9.44. The third kappa shape index (κ3) is 3.44. The maximum Gasteiger partial charge on any atom is 0.270 e. The summed E-state index contributed by atoms with van der Waals surface area (Å²) in [5, 5.41) is 2.71. The van der Waals surface area contributed by atoms with Crippen LogP contribution in [0, 0.1) is 20.8 Å². The number of nitrogens with one attached hydrogen (secondary N) is 1. The Bertz CT molecular complexity index is 1210. The lowest BCUT2D eigenvalue weighted by atomic mass is 10.1. The van der Waals surface area contributed by atoms with Crippen LogP contribution in [-0.4, -0.2) is 26.5 Å². The summed E-state index contributed by atoms with van der Waals surface area (Å²) >= 11 is 5.27. The SMILES string of the molecule is Cc1cccc(N2C(=O)/C(=C\c3cc(C)n(-c4ccncc4)c3C)C(=O)NC2=S)c1. The minimum absolute atomic E-state index is 0.0417. The van der Waals surface area contributed by atoms with Crippen LogP contribution in [0.15, 0.2) is 60.4 Å². The van der Waals surface area contributed by atoms with E-state index >= 15 is 0 Å². The van der Waals surface area contributed by atoms with E-state index in [1.54, 1.807) is 24.5 Å². The Morgan fingerprint density at radius 3 is 2.43 bits per heavy atom. The normalized spacial score (nSPS) is 15.6. The van der Waals surface area contributed by atoms with Crippen molar-refractivity contribution >= 4 is 40.9 Å². The van der Waals surface area contributed by atoms with Crippen molar-refractivity contribution in [1.82, 2.24) is 14.9 Å². The molecule has 3 heterocycles. The fourth-order valence-corrected chi connectivity index (χ4v) is 3.92. The highest BCUT2D eigenvalue weighted by atomic mass is 32.1. The first-order chi connectivity index (χ1) is 14.4. The molecule has 0 aliphatic carbocycles. The van der Waals surface area contributed by atoms with Gasteiger partial charge in [0.15, 0.2) is 5.11 Å². The number of nitrogens with zero attached hydrogens (tertiary/aromatic N) is 3. The standard InChI is InChI=1S/C23H20N4O2S/c1-14-5-4-6-19(11-14)27-22(29)20(21(28)25-23(27)30)13-17-12-15(2)26(16(17)3)18-7-9-24-10-8-18/h4-13H,1-3H3,(H,25,28,30)/b20-13-. The molecule has 1 fully saturated rings. The predicted octanol–water partition coefficient (Wildman–Crippen LogP) is 3.63. The molecule has 0 spiro atoms. The topological polar surface area (TPSA) is 67.2 Å². The Morgan fingerprint density at radius 2 is 1.73 bits per heavy atom. The van der Waals surface area contributed by atoms with Gasteiger partial charge < -0.3 is 4.57 Å². The summed E-state index contributed by atoms with van der Waals surface area (Å²) in [4.78, 5) is 31.3. The molecule has 3 aromatic rings. The van der Waals surface area contributed by atoms with Crippen LogP contribution in [0.25, 0.3) is 11.8 Å². The monoisotopic (exact) mass is 416 g/mol. The molecule has 150 valence electrons. The van der Waals surface area contributed by atoms with Gasteiger partial charge in [0, 0.05) is 29.5 Å². The molecule has 0 unspecified atom stereocenters. The van der Waals surface area contributed by atoms with Gasteiger partial charge in [-0.25, -0.2) is 0 Å². The number of amides is 2. The van der Waals surface area contributed by atoms with Crippen LogP contribution >= 0.6 is 12.2 Å². The van der Waals surface area contributed by atoms with Gasteiger partial charge in [-0.15, -0.1) is 0 Å². The zero-order valence-corrected chi connectivity index (χ0v) is 17.7. The number of anilines is 1. The van der Waals surface area contributed by atoms with Crippen LogP contribution < -0.4 is 10.2 Å². The van der Waals surface area contributed by atoms with Crippen molar-refractivity contribution in [2.24, 2.45) is 0 Å². The summed E-state index contributed by atoms with van der Waals surface area (Å²) in [7, 11) is 0. The predicted molar refractivity (Wildman–Crippen MR) is 120 cm³/mol. The third-order valence-electron chi connectivity index (χ3n) is 5.05. The van der Waals surface area contributed by atoms with Gasteiger partial charge in [-0.2, -0.15) is 0 Å². The molecule has 1 aliphatic rings. The fourth-order valence-electron chi connectivity index (χ4n) is 3.64. The maximum absolute atomic E-state index is 13.2. The number of carbonyl (C=O) groups is 2. The zero-order chi connectivity index (χ0) is 21.4. The highest BCUT2D eigenvalue weighted by Crippen LogP contribution is 2.26. The number of pyridine rings is 1. The second kappa shape index (κ2) is 7.68. The quantitative estimate of drug-likeness (QED) is 0.402. The Balaban J connectivity index is 1.77. The van der Waals surface area contributed by atoms with E-state index in [1.807, 2.05) is 57.2 Å². The number of benzene rings is 1. The van der Waals surface area contributed by atoms with Gasteiger partial charge in [0.1, 0.15) is 5.57 Å². The number of carbonyl (C=O) groups excluding carboxylic acids is 2. The van der Waals surface area contributed by atoms with Crippen LogP contribution in [0.5, 0.6) is 0 Å². The lowest BCUT2D eigenvalue weighted by Gasteiger charge is -2.29. The van der Waals surface area contributed by atoms with Crippen LogP contribution in [-0.2, 0) is 9.59 Å². The maximum atomic E-state index is 13.2. The molecule has 1 aliphatic heterocycles. The Kier molecular flexibility index (Phi) is 5.05. The summed E-state index contributed by atoms with van der Waals surface area (Å²) in [6.45, 7) is 5.87. The van der Waals surface area contributed by atoms with Crippen molar-refractivity contribution < 1.29 is 9.59 Å². The first-order valence-corrected chi connectivity index (χ1v) is 9.85. The molecular formula is C23H20N4O2S. The Morgan fingerprint density at radius 1 is 1.00 bits per heavy atom. The average molecular weight is 417 g/mol. The molecule has 7 heteroatoms. The molecule has 0 radical (unpaired) electrons. The molecule has 6 nitrogen and oxygen atoms in total. The van der Waals surface area contributed by atoms with Crippen LogP contribution in [0.2, 0.25) is 0 Å². The molecule has 2 aromatic heterocycles. The molecule has 30 heavy (non-hydrogen) atoms. The summed E-state index contributed by atoms with van der Waals surface area (Å²) < 4.78 is 2.06. The second-order valence-electron chi connectivity index (χ2n) is 7.16. The lowest BCUT2D eigenvalue weighted by molar-refractivity contribution is -0.122. The smallest absolute Gasteiger partial charge is 0.270 e. The van der Waals surface area contributed by atoms with Crippen LogP contribution in [0.1, 0.15) is 22.5 Å². The van der Waals surface area contributed by atoms with Crippen molar-refractivity contribution in [3.8, 4) is 5.69 Å². The fraction of sp³-hybridized carbons (Fsp3) is 0.130. The van der Waals surface area contributed by atoms with E-state index in [-0.39, 0.29) is 10.7 Å². The largest absolute Gasteiger partial charge is 0.318 e. The van der Waals surface area contributed by atoms with E-state index in [4.69, 9.17) is 12.2 Å². The summed E-state index contributed by atoms with van der Waals surface area (Å²) in [6.07, 6.45) is 5.08. The van der Waals surface area contributed by atoms with Crippen molar-refractivity contribution in [1.29, 1.82) is 0 Å². The van der Waals surface area contributed by atoms with Crippen molar-refractivity contribution in [2.45, 2.75) is 20.8 Å². The zero-order valence-electron chi connectivity index (χ0n) is 16.8. The summed E-state index contributed by atoms with van der Waals surface area (Å²) in [5.41, 5.74) is 5.32. The van der Waals surface area contributed by atoms with Gasteiger partial charge >= 0.3 is 0 Å². The first kappa shape index (κ1) is 19.7. The van der Waals surface area contributed by atoms with Gasteiger partial charge in [0.05, 0.1) is 5.69 Å². The molecule has 0 saturated carbocycles. The molecule has 1 aromatic carbocycles. The minimum Gasteiger partial charge on any atom is -0.318 e. The van der Waals surface area contributed by atoms with Gasteiger partial charge in [0.2, 0.25) is 0 Å². The Hall–Kier alpha value is -3.58. The highest BCUT2D eigenvalue weighted by Gasteiger charge is 2.34. The third-order valence-corrected chi connectivity index (χ3v) is 5.34.